The highest BCUT2D eigenvalue weighted by molar-refractivity contribution is 5.96. The average Bonchev–Trinajstić information content (AvgIpc) is 2.81. The Morgan fingerprint density at radius 3 is 2.41 bits per heavy atom. The Kier molecular flexibility index (Phi) is 6.03. The highest BCUT2D eigenvalue weighted by atomic mass is 19.2. The first-order valence-electron chi connectivity index (χ1n) is 9.73. The van der Waals surface area contributed by atoms with Crippen molar-refractivity contribution in [3.63, 3.8) is 0 Å². The molecule has 0 atom stereocenters. The van der Waals surface area contributed by atoms with Crippen LogP contribution in [0.2, 0.25) is 0 Å². The standard InChI is InChI=1S/C24H18F2N4O2/c25-19-10-5-15(13-20(19)26)14-23(31)29-30-24(32)16-6-8-17(9-7-16)28-22-11-12-27-21-4-2-1-3-18(21)22/h1-13H,14H2,(H,27,28)(H,29,31)(H,30,32). The summed E-state index contributed by atoms with van der Waals surface area (Å²) >= 11 is 0. The summed E-state index contributed by atoms with van der Waals surface area (Å²) in [6, 6.07) is 19.5. The van der Waals surface area contributed by atoms with Crippen molar-refractivity contribution in [2.24, 2.45) is 0 Å². The first-order chi connectivity index (χ1) is 15.5. The van der Waals surface area contributed by atoms with Gasteiger partial charge < -0.3 is 5.32 Å². The van der Waals surface area contributed by atoms with Gasteiger partial charge in [-0.15, -0.1) is 0 Å². The highest BCUT2D eigenvalue weighted by Crippen LogP contribution is 2.25. The number of para-hydroxylation sites is 1. The van der Waals surface area contributed by atoms with E-state index in [0.717, 1.165) is 34.4 Å². The number of amides is 2. The van der Waals surface area contributed by atoms with Crippen LogP contribution in [0.25, 0.3) is 10.9 Å². The highest BCUT2D eigenvalue weighted by Gasteiger charge is 2.10. The Hall–Kier alpha value is -4.33. The van der Waals surface area contributed by atoms with Gasteiger partial charge >= 0.3 is 0 Å². The van der Waals surface area contributed by atoms with E-state index in [1.807, 2.05) is 30.3 Å². The lowest BCUT2D eigenvalue weighted by atomic mass is 10.1. The molecule has 1 aromatic heterocycles. The van der Waals surface area contributed by atoms with Crippen LogP contribution in [0, 0.1) is 11.6 Å². The van der Waals surface area contributed by atoms with Crippen LogP contribution in [0.1, 0.15) is 15.9 Å². The first kappa shape index (κ1) is 20.9. The van der Waals surface area contributed by atoms with Crippen LogP contribution >= 0.6 is 0 Å². The van der Waals surface area contributed by atoms with Gasteiger partial charge in [-0.25, -0.2) is 8.78 Å². The third kappa shape index (κ3) is 4.86. The minimum absolute atomic E-state index is 0.208. The summed E-state index contributed by atoms with van der Waals surface area (Å²) in [5, 5.41) is 4.27. The molecule has 3 N–H and O–H groups in total. The van der Waals surface area contributed by atoms with Gasteiger partial charge in [0.1, 0.15) is 0 Å². The molecule has 2 amide bonds. The van der Waals surface area contributed by atoms with E-state index in [4.69, 9.17) is 0 Å². The Bertz CT molecular complexity index is 1290. The Morgan fingerprint density at radius 1 is 0.844 bits per heavy atom. The number of anilines is 2. The number of pyridine rings is 1. The topological polar surface area (TPSA) is 83.1 Å². The molecule has 32 heavy (non-hydrogen) atoms. The van der Waals surface area contributed by atoms with Gasteiger partial charge in [-0.3, -0.25) is 25.4 Å². The molecule has 0 bridgehead atoms. The van der Waals surface area contributed by atoms with Crippen molar-refractivity contribution in [1.29, 1.82) is 0 Å². The number of nitrogens with one attached hydrogen (secondary N) is 3. The normalized spacial score (nSPS) is 10.6. The summed E-state index contributed by atoms with van der Waals surface area (Å²) < 4.78 is 26.2. The summed E-state index contributed by atoms with van der Waals surface area (Å²) in [7, 11) is 0. The number of carbonyl (C=O) groups is 2. The monoisotopic (exact) mass is 432 g/mol. The zero-order chi connectivity index (χ0) is 22.5. The smallest absolute Gasteiger partial charge is 0.269 e. The second kappa shape index (κ2) is 9.22. The maximum absolute atomic E-state index is 13.2. The number of carbonyl (C=O) groups excluding carboxylic acids is 2. The molecular formula is C24H18F2N4O2. The number of nitrogens with zero attached hydrogens (tertiary/aromatic N) is 1. The van der Waals surface area contributed by atoms with Gasteiger partial charge in [-0.05, 0) is 54.1 Å². The maximum Gasteiger partial charge on any atom is 0.269 e. The van der Waals surface area contributed by atoms with E-state index < -0.39 is 23.4 Å². The van der Waals surface area contributed by atoms with Gasteiger partial charge in [0.25, 0.3) is 5.91 Å². The van der Waals surface area contributed by atoms with E-state index in [2.05, 4.69) is 21.2 Å². The molecular weight excluding hydrogens is 414 g/mol. The molecule has 0 saturated heterocycles. The molecule has 4 aromatic rings. The van der Waals surface area contributed by atoms with Gasteiger partial charge in [0.2, 0.25) is 5.91 Å². The summed E-state index contributed by atoms with van der Waals surface area (Å²) in [6.45, 7) is 0. The van der Waals surface area contributed by atoms with Crippen molar-refractivity contribution in [2.75, 3.05) is 5.32 Å². The van der Waals surface area contributed by atoms with Crippen LogP contribution in [-0.2, 0) is 11.2 Å². The summed E-state index contributed by atoms with van der Waals surface area (Å²) in [5.74, 6) is -3.10. The lowest BCUT2D eigenvalue weighted by Gasteiger charge is -2.11. The summed E-state index contributed by atoms with van der Waals surface area (Å²) in [4.78, 5) is 28.6. The van der Waals surface area contributed by atoms with Crippen molar-refractivity contribution in [3.05, 3.63) is 102 Å². The first-order valence-corrected chi connectivity index (χ1v) is 9.73. The zero-order valence-corrected chi connectivity index (χ0v) is 16.7. The van der Waals surface area contributed by atoms with Crippen LogP contribution < -0.4 is 16.2 Å². The SMILES string of the molecule is O=C(Cc1ccc(F)c(F)c1)NNC(=O)c1ccc(Nc2ccnc3ccccc23)cc1. The zero-order valence-electron chi connectivity index (χ0n) is 16.7. The minimum Gasteiger partial charge on any atom is -0.355 e. The molecule has 4 rings (SSSR count). The Balaban J connectivity index is 1.34. The quantitative estimate of drug-likeness (QED) is 0.412. The van der Waals surface area contributed by atoms with E-state index in [1.54, 1.807) is 30.5 Å². The molecule has 0 aliphatic rings. The molecule has 0 radical (unpaired) electrons. The maximum atomic E-state index is 13.2. The van der Waals surface area contributed by atoms with E-state index in [-0.39, 0.29) is 12.0 Å². The number of halogens is 2. The third-order valence-corrected chi connectivity index (χ3v) is 4.74. The Morgan fingerprint density at radius 2 is 1.62 bits per heavy atom. The van der Waals surface area contributed by atoms with Crippen molar-refractivity contribution >= 4 is 34.1 Å². The largest absolute Gasteiger partial charge is 0.355 e. The number of aromatic nitrogens is 1. The van der Waals surface area contributed by atoms with Crippen LogP contribution in [0.3, 0.4) is 0 Å². The van der Waals surface area contributed by atoms with Gasteiger partial charge in [0, 0.05) is 28.5 Å². The number of hydrazine groups is 1. The third-order valence-electron chi connectivity index (χ3n) is 4.74. The second-order valence-corrected chi connectivity index (χ2v) is 7.01. The van der Waals surface area contributed by atoms with Crippen molar-refractivity contribution in [3.8, 4) is 0 Å². The van der Waals surface area contributed by atoms with E-state index in [1.165, 1.54) is 6.07 Å². The molecule has 0 unspecified atom stereocenters. The molecule has 0 spiro atoms. The van der Waals surface area contributed by atoms with Crippen LogP contribution in [0.4, 0.5) is 20.2 Å². The predicted molar refractivity (Wildman–Crippen MR) is 117 cm³/mol. The van der Waals surface area contributed by atoms with Gasteiger partial charge in [-0.2, -0.15) is 0 Å². The predicted octanol–water partition coefficient (Wildman–Crippen LogP) is 4.26. The van der Waals surface area contributed by atoms with Crippen LogP contribution in [0.5, 0.6) is 0 Å². The van der Waals surface area contributed by atoms with Crippen LogP contribution in [0.15, 0.2) is 79.0 Å². The number of rotatable bonds is 5. The molecule has 0 saturated carbocycles. The molecule has 160 valence electrons. The molecule has 0 aliphatic carbocycles. The number of hydrogen-bond acceptors (Lipinski definition) is 4. The lowest BCUT2D eigenvalue weighted by Crippen LogP contribution is -2.42. The van der Waals surface area contributed by atoms with E-state index in [9.17, 15) is 18.4 Å². The molecule has 6 nitrogen and oxygen atoms in total. The van der Waals surface area contributed by atoms with Gasteiger partial charge in [0.05, 0.1) is 11.9 Å². The summed E-state index contributed by atoms with van der Waals surface area (Å²) in [6.07, 6.45) is 1.51. The average molecular weight is 432 g/mol. The van der Waals surface area contributed by atoms with E-state index >= 15 is 0 Å². The van der Waals surface area contributed by atoms with Gasteiger partial charge in [-0.1, -0.05) is 24.3 Å². The fourth-order valence-electron chi connectivity index (χ4n) is 3.14. The number of hydrogen-bond donors (Lipinski definition) is 3. The van der Waals surface area contributed by atoms with Crippen molar-refractivity contribution < 1.29 is 18.4 Å². The second-order valence-electron chi connectivity index (χ2n) is 7.01. The van der Waals surface area contributed by atoms with Crippen molar-refractivity contribution in [1.82, 2.24) is 15.8 Å². The minimum atomic E-state index is -1.03. The van der Waals surface area contributed by atoms with Crippen molar-refractivity contribution in [2.45, 2.75) is 6.42 Å². The Labute approximate surface area is 182 Å². The number of fused-ring (bicyclic) bond motifs is 1. The lowest BCUT2D eigenvalue weighted by molar-refractivity contribution is -0.121. The van der Waals surface area contributed by atoms with Crippen LogP contribution in [-0.4, -0.2) is 16.8 Å². The van der Waals surface area contributed by atoms with Gasteiger partial charge in [0.15, 0.2) is 11.6 Å². The molecule has 3 aromatic carbocycles. The number of benzene rings is 3. The molecule has 1 heterocycles. The van der Waals surface area contributed by atoms with E-state index in [0.29, 0.717) is 5.56 Å². The molecule has 8 heteroatoms. The fraction of sp³-hybridized carbons (Fsp3) is 0.0417. The molecule has 0 aliphatic heterocycles. The fourth-order valence-corrected chi connectivity index (χ4v) is 3.14. The molecule has 0 fully saturated rings. The summed E-state index contributed by atoms with van der Waals surface area (Å²) in [5.41, 5.74) is 7.72.